The van der Waals surface area contributed by atoms with Crippen molar-refractivity contribution >= 4 is 20.7 Å². The van der Waals surface area contributed by atoms with Crippen LogP contribution in [0.2, 0.25) is 0 Å². The monoisotopic (exact) mass is 238 g/mol. The lowest BCUT2D eigenvalue weighted by molar-refractivity contribution is 0.589. The molecule has 1 heterocycles. The second kappa shape index (κ2) is 3.41. The van der Waals surface area contributed by atoms with Crippen molar-refractivity contribution in [1.29, 1.82) is 0 Å². The van der Waals surface area contributed by atoms with Gasteiger partial charge in [-0.05, 0) is 12.1 Å². The molecule has 0 N–H and O–H groups in total. The molecule has 0 aliphatic heterocycles. The van der Waals surface area contributed by atoms with Crippen LogP contribution >= 0.6 is 0 Å². The third-order valence-electron chi connectivity index (χ3n) is 2.28. The third kappa shape index (κ3) is 1.61. The quantitative estimate of drug-likeness (QED) is 0.718. The minimum atomic E-state index is -3.59. The molecule has 6 heteroatoms. The highest BCUT2D eigenvalue weighted by atomic mass is 32.2. The van der Waals surface area contributed by atoms with Crippen LogP contribution in [-0.4, -0.2) is 24.5 Å². The normalized spacial score (nSPS) is 11.9. The molecule has 0 saturated heterocycles. The predicted molar refractivity (Wildman–Crippen MR) is 60.1 cm³/mol. The molecule has 84 valence electrons. The highest BCUT2D eigenvalue weighted by molar-refractivity contribution is 7.90. The Morgan fingerprint density at radius 1 is 1.25 bits per heavy atom. The van der Waals surface area contributed by atoms with E-state index in [0.717, 1.165) is 6.26 Å². The molecule has 0 amide bonds. The number of aromatic nitrogens is 2. The fourth-order valence-electron chi connectivity index (χ4n) is 1.54. The summed E-state index contributed by atoms with van der Waals surface area (Å²) in [5.74, 6) is 0. The van der Waals surface area contributed by atoms with Gasteiger partial charge in [-0.15, -0.1) is 0 Å². The molecule has 0 aliphatic rings. The van der Waals surface area contributed by atoms with E-state index in [1.165, 1.54) is 4.68 Å². The van der Waals surface area contributed by atoms with Crippen LogP contribution in [0, 0.1) is 0 Å². The lowest BCUT2D eigenvalue weighted by Crippen LogP contribution is -2.20. The van der Waals surface area contributed by atoms with Crippen molar-refractivity contribution < 1.29 is 8.42 Å². The second-order valence-electron chi connectivity index (χ2n) is 3.55. The molecular weight excluding hydrogens is 228 g/mol. The van der Waals surface area contributed by atoms with Gasteiger partial charge in [0.1, 0.15) is 0 Å². The Bertz CT molecular complexity index is 716. The van der Waals surface area contributed by atoms with Crippen molar-refractivity contribution in [1.82, 2.24) is 9.78 Å². The van der Waals surface area contributed by atoms with Crippen LogP contribution in [0.15, 0.2) is 34.1 Å². The number of sulfone groups is 1. The van der Waals surface area contributed by atoms with Crippen LogP contribution in [0.25, 0.3) is 10.9 Å². The van der Waals surface area contributed by atoms with Crippen LogP contribution in [0.3, 0.4) is 0 Å². The zero-order valence-corrected chi connectivity index (χ0v) is 9.65. The molecule has 0 bridgehead atoms. The summed E-state index contributed by atoms with van der Waals surface area (Å²) in [6.45, 7) is 0. The third-order valence-corrected chi connectivity index (χ3v) is 3.25. The maximum absolute atomic E-state index is 11.9. The summed E-state index contributed by atoms with van der Waals surface area (Å²) in [5.41, 5.74) is 0.0658. The lowest BCUT2D eigenvalue weighted by Gasteiger charge is -2.05. The summed E-state index contributed by atoms with van der Waals surface area (Å²) < 4.78 is 24.1. The van der Waals surface area contributed by atoms with Gasteiger partial charge in [-0.3, -0.25) is 9.48 Å². The molecule has 1 aromatic carbocycles. The maximum atomic E-state index is 11.9. The van der Waals surface area contributed by atoms with Crippen LogP contribution in [0.1, 0.15) is 0 Å². The zero-order valence-electron chi connectivity index (χ0n) is 8.84. The van der Waals surface area contributed by atoms with E-state index in [0.29, 0.717) is 10.9 Å². The molecule has 1 aromatic heterocycles. The van der Waals surface area contributed by atoms with E-state index in [2.05, 4.69) is 5.10 Å². The summed E-state index contributed by atoms with van der Waals surface area (Å²) in [5, 5.41) is 3.74. The van der Waals surface area contributed by atoms with E-state index in [9.17, 15) is 13.2 Å². The van der Waals surface area contributed by atoms with Gasteiger partial charge < -0.3 is 0 Å². The molecule has 0 aliphatic carbocycles. The molecule has 0 atom stereocenters. The standard InChI is InChI=1S/C10H10N2O3S/c1-12-8-6-4-3-5-7(8)9(13)10(11-12)16(2,14)15/h3-6H,1-2H3. The Balaban J connectivity index is 3.04. The first-order valence-electron chi connectivity index (χ1n) is 4.57. The van der Waals surface area contributed by atoms with Gasteiger partial charge in [-0.25, -0.2) is 8.42 Å². The lowest BCUT2D eigenvalue weighted by atomic mass is 10.2. The summed E-state index contributed by atoms with van der Waals surface area (Å²) >= 11 is 0. The average Bonchev–Trinajstić information content (AvgIpc) is 2.22. The second-order valence-corrected chi connectivity index (χ2v) is 5.48. The Kier molecular flexibility index (Phi) is 2.31. The fourth-order valence-corrected chi connectivity index (χ4v) is 2.26. The molecular formula is C10H10N2O3S. The Morgan fingerprint density at radius 3 is 2.50 bits per heavy atom. The van der Waals surface area contributed by atoms with Crippen molar-refractivity contribution in [2.45, 2.75) is 5.03 Å². The predicted octanol–water partition coefficient (Wildman–Crippen LogP) is 0.337. The number of rotatable bonds is 1. The van der Waals surface area contributed by atoms with Gasteiger partial charge in [0.2, 0.25) is 10.5 Å². The summed E-state index contributed by atoms with van der Waals surface area (Å²) in [6, 6.07) is 6.77. The summed E-state index contributed by atoms with van der Waals surface area (Å²) in [6.07, 6.45) is 0.978. The van der Waals surface area contributed by atoms with Gasteiger partial charge >= 0.3 is 0 Å². The molecule has 0 radical (unpaired) electrons. The first kappa shape index (κ1) is 10.8. The van der Waals surface area contributed by atoms with E-state index in [1.54, 1.807) is 31.3 Å². The van der Waals surface area contributed by atoms with Gasteiger partial charge in [0, 0.05) is 13.3 Å². The van der Waals surface area contributed by atoms with Crippen molar-refractivity contribution in [3.63, 3.8) is 0 Å². The fraction of sp³-hybridized carbons (Fsp3) is 0.200. The number of fused-ring (bicyclic) bond motifs is 1. The smallest absolute Gasteiger partial charge is 0.227 e. The Morgan fingerprint density at radius 2 is 1.88 bits per heavy atom. The zero-order chi connectivity index (χ0) is 11.9. The van der Waals surface area contributed by atoms with Gasteiger partial charge in [-0.1, -0.05) is 12.1 Å². The van der Waals surface area contributed by atoms with Crippen LogP contribution in [0.4, 0.5) is 0 Å². The van der Waals surface area contributed by atoms with Gasteiger partial charge in [-0.2, -0.15) is 5.10 Å². The first-order chi connectivity index (χ1) is 7.41. The van der Waals surface area contributed by atoms with Crippen molar-refractivity contribution in [3.8, 4) is 0 Å². The molecule has 5 nitrogen and oxygen atoms in total. The minimum Gasteiger partial charge on any atom is -0.286 e. The van der Waals surface area contributed by atoms with E-state index >= 15 is 0 Å². The number of benzene rings is 1. The Labute approximate surface area is 92.2 Å². The number of hydrogen-bond donors (Lipinski definition) is 0. The van der Waals surface area contributed by atoms with Gasteiger partial charge in [0.25, 0.3) is 0 Å². The summed E-state index contributed by atoms with van der Waals surface area (Å²) in [4.78, 5) is 11.9. The van der Waals surface area contributed by atoms with Gasteiger partial charge in [0.05, 0.1) is 10.9 Å². The van der Waals surface area contributed by atoms with Crippen LogP contribution in [-0.2, 0) is 16.9 Å². The van der Waals surface area contributed by atoms with Crippen molar-refractivity contribution in [2.75, 3.05) is 6.26 Å². The largest absolute Gasteiger partial charge is 0.286 e. The molecule has 0 fully saturated rings. The minimum absolute atomic E-state index is 0.362. The summed E-state index contributed by atoms with van der Waals surface area (Å²) in [7, 11) is -1.98. The topological polar surface area (TPSA) is 69.0 Å². The van der Waals surface area contributed by atoms with Gasteiger partial charge in [0.15, 0.2) is 9.84 Å². The number of para-hydroxylation sites is 1. The molecule has 0 saturated carbocycles. The van der Waals surface area contributed by atoms with Crippen molar-refractivity contribution in [2.24, 2.45) is 7.05 Å². The van der Waals surface area contributed by atoms with E-state index in [1.807, 2.05) is 0 Å². The molecule has 2 aromatic rings. The highest BCUT2D eigenvalue weighted by Crippen LogP contribution is 2.09. The van der Waals surface area contributed by atoms with Crippen molar-refractivity contribution in [3.05, 3.63) is 34.5 Å². The van der Waals surface area contributed by atoms with E-state index in [4.69, 9.17) is 0 Å². The highest BCUT2D eigenvalue weighted by Gasteiger charge is 2.17. The molecule has 0 spiro atoms. The average molecular weight is 238 g/mol. The maximum Gasteiger partial charge on any atom is 0.227 e. The van der Waals surface area contributed by atoms with E-state index < -0.39 is 20.3 Å². The Hall–Kier alpha value is -1.69. The number of aryl methyl sites for hydroxylation is 1. The molecule has 2 rings (SSSR count). The number of hydrogen-bond acceptors (Lipinski definition) is 4. The SMILES string of the molecule is Cn1nc(S(C)(=O)=O)c(=O)c2ccccc21. The van der Waals surface area contributed by atoms with Crippen LogP contribution in [0.5, 0.6) is 0 Å². The first-order valence-corrected chi connectivity index (χ1v) is 6.46. The molecule has 0 unspecified atom stereocenters. The van der Waals surface area contributed by atoms with E-state index in [-0.39, 0.29) is 0 Å². The van der Waals surface area contributed by atoms with Crippen LogP contribution < -0.4 is 5.43 Å². The number of nitrogens with zero attached hydrogens (tertiary/aromatic N) is 2. The molecule has 16 heavy (non-hydrogen) atoms.